The van der Waals surface area contributed by atoms with Crippen LogP contribution in [0.4, 0.5) is 0 Å². The van der Waals surface area contributed by atoms with E-state index in [1.165, 1.54) is 37.3 Å². The molecule has 0 atom stereocenters. The maximum absolute atomic E-state index is 12.4. The monoisotopic (exact) mass is 545 g/mol. The first-order chi connectivity index (χ1) is 19.5. The van der Waals surface area contributed by atoms with Crippen molar-refractivity contribution in [1.82, 2.24) is 5.32 Å². The second-order valence-electron chi connectivity index (χ2n) is 8.98. The van der Waals surface area contributed by atoms with E-state index in [0.29, 0.717) is 29.3 Å². The number of rotatable bonds is 13. The van der Waals surface area contributed by atoms with E-state index in [1.54, 1.807) is 49.6 Å². The molecule has 208 valence electrons. The Labute approximate surface area is 231 Å². The van der Waals surface area contributed by atoms with E-state index in [0.717, 1.165) is 18.4 Å². The summed E-state index contributed by atoms with van der Waals surface area (Å²) in [5.74, 6) is 0.753. The van der Waals surface area contributed by atoms with Gasteiger partial charge >= 0.3 is 11.6 Å². The number of nitrogens with one attached hydrogen (secondary N) is 1. The van der Waals surface area contributed by atoms with Crippen LogP contribution >= 0.6 is 0 Å². The first-order valence-electron chi connectivity index (χ1n) is 13.1. The zero-order valence-electron chi connectivity index (χ0n) is 22.4. The van der Waals surface area contributed by atoms with Crippen LogP contribution in [0.2, 0.25) is 0 Å². The van der Waals surface area contributed by atoms with Crippen molar-refractivity contribution in [2.45, 2.75) is 39.2 Å². The van der Waals surface area contributed by atoms with Crippen LogP contribution < -0.4 is 25.2 Å². The van der Waals surface area contributed by atoms with Crippen LogP contribution in [0.15, 0.2) is 80.6 Å². The van der Waals surface area contributed by atoms with Gasteiger partial charge in [-0.25, -0.2) is 9.59 Å². The number of esters is 1. The lowest BCUT2D eigenvalue weighted by Crippen LogP contribution is -2.27. The molecule has 0 saturated carbocycles. The van der Waals surface area contributed by atoms with Gasteiger partial charge in [0.05, 0.1) is 26.5 Å². The fourth-order valence-corrected chi connectivity index (χ4v) is 3.92. The van der Waals surface area contributed by atoms with Crippen LogP contribution in [0.1, 0.15) is 54.3 Å². The fourth-order valence-electron chi connectivity index (χ4n) is 3.92. The summed E-state index contributed by atoms with van der Waals surface area (Å²) in [5.41, 5.74) is -0.0448. The van der Waals surface area contributed by atoms with Crippen molar-refractivity contribution < 1.29 is 32.6 Å². The van der Waals surface area contributed by atoms with Gasteiger partial charge in [0, 0.05) is 17.5 Å². The van der Waals surface area contributed by atoms with Gasteiger partial charge in [0.2, 0.25) is 0 Å². The van der Waals surface area contributed by atoms with Gasteiger partial charge in [0.15, 0.2) is 11.5 Å². The molecule has 0 fully saturated rings. The van der Waals surface area contributed by atoms with Crippen LogP contribution in [0.3, 0.4) is 0 Å². The second-order valence-corrected chi connectivity index (χ2v) is 8.98. The summed E-state index contributed by atoms with van der Waals surface area (Å²) < 4.78 is 27.1. The second kappa shape index (κ2) is 13.8. The number of carbonyl (C=O) groups is 2. The summed E-state index contributed by atoms with van der Waals surface area (Å²) in [6, 6.07) is 14.8. The van der Waals surface area contributed by atoms with Crippen LogP contribution in [0, 0.1) is 0 Å². The minimum atomic E-state index is -0.810. The standard InChI is InChI=1S/C31H31NO8/c1-3-4-5-6-15-38-26-13-9-21(17-28(26)36-2)10-14-29(33)39-23-12-11-22-18-25(31(35)40-27(22)19-23)30(34)32-20-24-8-7-16-37-24/h7-14,16-19H,3-6,15,20H2,1-2H3,(H,32,34)/b14-10+. The molecule has 4 rings (SSSR count). The highest BCUT2D eigenvalue weighted by molar-refractivity contribution is 5.97. The average molecular weight is 546 g/mol. The highest BCUT2D eigenvalue weighted by atomic mass is 16.5. The number of methoxy groups -OCH3 is 1. The van der Waals surface area contributed by atoms with Crippen molar-refractivity contribution in [3.05, 3.63) is 94.2 Å². The predicted octanol–water partition coefficient (Wildman–Crippen LogP) is 5.90. The zero-order chi connectivity index (χ0) is 28.3. The molecule has 0 aliphatic heterocycles. The van der Waals surface area contributed by atoms with Crippen molar-refractivity contribution in [1.29, 1.82) is 0 Å². The van der Waals surface area contributed by atoms with Gasteiger partial charge in [-0.1, -0.05) is 32.3 Å². The van der Waals surface area contributed by atoms with Crippen LogP contribution in [-0.2, 0) is 11.3 Å². The third-order valence-corrected chi connectivity index (χ3v) is 6.03. The van der Waals surface area contributed by atoms with Gasteiger partial charge in [-0.15, -0.1) is 0 Å². The molecule has 1 N–H and O–H groups in total. The molecule has 2 aromatic heterocycles. The highest BCUT2D eigenvalue weighted by Gasteiger charge is 2.15. The Hall–Kier alpha value is -4.79. The number of carbonyl (C=O) groups excluding carboxylic acids is 2. The van der Waals surface area contributed by atoms with Gasteiger partial charge in [-0.3, -0.25) is 4.79 Å². The third kappa shape index (κ3) is 7.63. The van der Waals surface area contributed by atoms with E-state index < -0.39 is 17.5 Å². The molecule has 1 amide bonds. The molecule has 0 bridgehead atoms. The molecule has 0 spiro atoms. The van der Waals surface area contributed by atoms with E-state index >= 15 is 0 Å². The van der Waals surface area contributed by atoms with Gasteiger partial charge in [-0.05, 0) is 60.5 Å². The number of furan rings is 1. The molecule has 0 unspecified atom stereocenters. The minimum Gasteiger partial charge on any atom is -0.493 e. The van der Waals surface area contributed by atoms with E-state index in [4.69, 9.17) is 23.0 Å². The lowest BCUT2D eigenvalue weighted by atomic mass is 10.1. The fraction of sp³-hybridized carbons (Fsp3) is 0.258. The summed E-state index contributed by atoms with van der Waals surface area (Å²) in [4.78, 5) is 37.3. The van der Waals surface area contributed by atoms with Crippen LogP contribution in [-0.4, -0.2) is 25.6 Å². The van der Waals surface area contributed by atoms with Crippen molar-refractivity contribution in [3.8, 4) is 17.2 Å². The summed E-state index contributed by atoms with van der Waals surface area (Å²) >= 11 is 0. The lowest BCUT2D eigenvalue weighted by molar-refractivity contribution is -0.128. The molecule has 9 nitrogen and oxygen atoms in total. The molecule has 0 aliphatic rings. The molecular weight excluding hydrogens is 514 g/mol. The molecule has 40 heavy (non-hydrogen) atoms. The van der Waals surface area contributed by atoms with E-state index in [1.807, 2.05) is 6.07 Å². The lowest BCUT2D eigenvalue weighted by Gasteiger charge is -2.11. The van der Waals surface area contributed by atoms with Crippen molar-refractivity contribution >= 4 is 28.9 Å². The summed E-state index contributed by atoms with van der Waals surface area (Å²) in [6.45, 7) is 2.91. The first-order valence-corrected chi connectivity index (χ1v) is 13.1. The Bertz CT molecular complexity index is 1530. The molecule has 0 radical (unpaired) electrons. The number of ether oxygens (including phenoxy) is 3. The summed E-state index contributed by atoms with van der Waals surface area (Å²) in [6.07, 6.45) is 8.83. The molecule has 0 aliphatic carbocycles. The van der Waals surface area contributed by atoms with E-state index in [-0.39, 0.29) is 23.4 Å². The molecule has 9 heteroatoms. The normalized spacial score (nSPS) is 11.1. The Balaban J connectivity index is 1.37. The molecular formula is C31H31NO8. The van der Waals surface area contributed by atoms with Gasteiger partial charge in [0.25, 0.3) is 5.91 Å². The first kappa shape index (κ1) is 28.2. The van der Waals surface area contributed by atoms with Crippen LogP contribution in [0.5, 0.6) is 17.2 Å². The molecule has 4 aromatic rings. The predicted molar refractivity (Wildman–Crippen MR) is 150 cm³/mol. The number of unbranched alkanes of at least 4 members (excludes halogenated alkanes) is 3. The number of hydrogen-bond acceptors (Lipinski definition) is 8. The summed E-state index contributed by atoms with van der Waals surface area (Å²) in [5, 5.41) is 3.11. The average Bonchev–Trinajstić information content (AvgIpc) is 3.48. The Morgan fingerprint density at radius 2 is 1.88 bits per heavy atom. The minimum absolute atomic E-state index is 0.134. The summed E-state index contributed by atoms with van der Waals surface area (Å²) in [7, 11) is 1.56. The Morgan fingerprint density at radius 1 is 1.00 bits per heavy atom. The Kier molecular flexibility index (Phi) is 9.77. The number of amides is 1. The number of benzene rings is 2. The molecule has 2 aromatic carbocycles. The highest BCUT2D eigenvalue weighted by Crippen LogP contribution is 2.29. The van der Waals surface area contributed by atoms with Crippen LogP contribution in [0.25, 0.3) is 17.0 Å². The Morgan fingerprint density at radius 3 is 2.65 bits per heavy atom. The largest absolute Gasteiger partial charge is 0.493 e. The van der Waals surface area contributed by atoms with E-state index in [2.05, 4.69) is 12.2 Å². The molecule has 0 saturated heterocycles. The quantitative estimate of drug-likeness (QED) is 0.0725. The molecule has 2 heterocycles. The van der Waals surface area contributed by atoms with Gasteiger partial charge in [-0.2, -0.15) is 0 Å². The van der Waals surface area contributed by atoms with Crippen molar-refractivity contribution in [2.75, 3.05) is 13.7 Å². The maximum Gasteiger partial charge on any atom is 0.349 e. The van der Waals surface area contributed by atoms with E-state index in [9.17, 15) is 14.4 Å². The number of fused-ring (bicyclic) bond motifs is 1. The third-order valence-electron chi connectivity index (χ3n) is 6.03. The smallest absolute Gasteiger partial charge is 0.349 e. The van der Waals surface area contributed by atoms with Crippen molar-refractivity contribution in [2.24, 2.45) is 0 Å². The number of hydrogen-bond donors (Lipinski definition) is 1. The zero-order valence-corrected chi connectivity index (χ0v) is 22.4. The van der Waals surface area contributed by atoms with Gasteiger partial charge < -0.3 is 28.4 Å². The van der Waals surface area contributed by atoms with Gasteiger partial charge in [0.1, 0.15) is 22.7 Å². The topological polar surface area (TPSA) is 117 Å². The SMILES string of the molecule is CCCCCCOc1ccc(/C=C/C(=O)Oc2ccc3cc(C(=O)NCc4ccco4)c(=O)oc3c2)cc1OC. The maximum atomic E-state index is 12.4. The van der Waals surface area contributed by atoms with Crippen molar-refractivity contribution in [3.63, 3.8) is 0 Å².